The number of urea groups is 1. The first-order valence-corrected chi connectivity index (χ1v) is 6.33. The molecule has 3 rings (SSSR count). The third-order valence-electron chi connectivity index (χ3n) is 3.97. The molecule has 1 aliphatic heterocycles. The SMILES string of the molecule is O=CCC1Cc2ccccc2C1C1NC(=O)NC1=O. The second-order valence-electron chi connectivity index (χ2n) is 5.03. The minimum absolute atomic E-state index is 0.0732. The summed E-state index contributed by atoms with van der Waals surface area (Å²) in [5, 5.41) is 4.92. The Labute approximate surface area is 110 Å². The molecule has 5 nitrogen and oxygen atoms in total. The van der Waals surface area contributed by atoms with Gasteiger partial charge in [0, 0.05) is 12.3 Å². The van der Waals surface area contributed by atoms with Gasteiger partial charge in [0.2, 0.25) is 0 Å². The molecule has 19 heavy (non-hydrogen) atoms. The van der Waals surface area contributed by atoms with Crippen LogP contribution in [-0.4, -0.2) is 24.3 Å². The molecule has 0 aromatic heterocycles. The highest BCUT2D eigenvalue weighted by Crippen LogP contribution is 2.42. The van der Waals surface area contributed by atoms with Gasteiger partial charge < -0.3 is 10.1 Å². The summed E-state index contributed by atoms with van der Waals surface area (Å²) in [5.41, 5.74) is 2.23. The van der Waals surface area contributed by atoms with Crippen molar-refractivity contribution in [1.29, 1.82) is 0 Å². The van der Waals surface area contributed by atoms with E-state index in [-0.39, 0.29) is 17.7 Å². The Morgan fingerprint density at radius 3 is 2.74 bits per heavy atom. The van der Waals surface area contributed by atoms with Crippen molar-refractivity contribution in [3.8, 4) is 0 Å². The lowest BCUT2D eigenvalue weighted by molar-refractivity contribution is -0.121. The summed E-state index contributed by atoms with van der Waals surface area (Å²) in [4.78, 5) is 34.0. The summed E-state index contributed by atoms with van der Waals surface area (Å²) in [6.45, 7) is 0. The Morgan fingerprint density at radius 2 is 2.05 bits per heavy atom. The summed E-state index contributed by atoms with van der Waals surface area (Å²) in [6.07, 6.45) is 2.07. The highest BCUT2D eigenvalue weighted by molar-refractivity contribution is 6.04. The number of imide groups is 1. The van der Waals surface area contributed by atoms with E-state index in [9.17, 15) is 14.4 Å². The Kier molecular flexibility index (Phi) is 2.81. The van der Waals surface area contributed by atoms with Gasteiger partial charge in [-0.15, -0.1) is 0 Å². The number of fused-ring (bicyclic) bond motifs is 1. The molecule has 1 heterocycles. The third-order valence-corrected chi connectivity index (χ3v) is 3.97. The molecule has 1 fully saturated rings. The zero-order valence-electron chi connectivity index (χ0n) is 10.3. The smallest absolute Gasteiger partial charge is 0.322 e. The van der Waals surface area contributed by atoms with Gasteiger partial charge >= 0.3 is 6.03 Å². The molecule has 0 bridgehead atoms. The van der Waals surface area contributed by atoms with Crippen molar-refractivity contribution >= 4 is 18.2 Å². The number of carbonyl (C=O) groups excluding carboxylic acids is 3. The predicted molar refractivity (Wildman–Crippen MR) is 67.5 cm³/mol. The first-order chi connectivity index (χ1) is 9.20. The van der Waals surface area contributed by atoms with Crippen LogP contribution in [0.1, 0.15) is 23.5 Å². The van der Waals surface area contributed by atoms with E-state index in [0.29, 0.717) is 6.42 Å². The Morgan fingerprint density at radius 1 is 1.26 bits per heavy atom. The number of amides is 3. The van der Waals surface area contributed by atoms with Gasteiger partial charge in [-0.05, 0) is 23.5 Å². The summed E-state index contributed by atoms with van der Waals surface area (Å²) in [7, 11) is 0. The first-order valence-electron chi connectivity index (χ1n) is 6.33. The molecule has 2 aliphatic rings. The molecule has 98 valence electrons. The molecule has 3 unspecified atom stereocenters. The van der Waals surface area contributed by atoms with Crippen LogP contribution in [0.5, 0.6) is 0 Å². The van der Waals surface area contributed by atoms with Crippen molar-refractivity contribution in [3.05, 3.63) is 35.4 Å². The van der Waals surface area contributed by atoms with Gasteiger partial charge in [-0.3, -0.25) is 10.1 Å². The Hall–Kier alpha value is -2.17. The molecule has 1 saturated heterocycles. The number of hydrogen-bond acceptors (Lipinski definition) is 3. The minimum Gasteiger partial charge on any atom is -0.325 e. The van der Waals surface area contributed by atoms with E-state index >= 15 is 0 Å². The molecule has 1 aromatic rings. The molecule has 0 spiro atoms. The van der Waals surface area contributed by atoms with Crippen LogP contribution in [0.3, 0.4) is 0 Å². The molecule has 2 N–H and O–H groups in total. The Bertz CT molecular complexity index is 555. The predicted octanol–water partition coefficient (Wildman–Crippen LogP) is 0.739. The van der Waals surface area contributed by atoms with Gasteiger partial charge in [-0.25, -0.2) is 4.79 Å². The van der Waals surface area contributed by atoms with Crippen LogP contribution in [0, 0.1) is 5.92 Å². The van der Waals surface area contributed by atoms with Crippen molar-refractivity contribution in [2.45, 2.75) is 24.8 Å². The number of aldehydes is 1. The molecule has 3 amide bonds. The molecule has 0 radical (unpaired) electrons. The van der Waals surface area contributed by atoms with Crippen LogP contribution in [0.4, 0.5) is 4.79 Å². The molecule has 5 heteroatoms. The van der Waals surface area contributed by atoms with Gasteiger partial charge in [0.05, 0.1) is 0 Å². The topological polar surface area (TPSA) is 75.3 Å². The number of hydrogen-bond donors (Lipinski definition) is 2. The van der Waals surface area contributed by atoms with E-state index in [1.807, 2.05) is 24.3 Å². The summed E-state index contributed by atoms with van der Waals surface area (Å²) in [6, 6.07) is 6.84. The third kappa shape index (κ3) is 1.91. The maximum absolute atomic E-state index is 11.8. The molecule has 1 aliphatic carbocycles. The monoisotopic (exact) mass is 258 g/mol. The van der Waals surface area contributed by atoms with Crippen molar-refractivity contribution in [3.63, 3.8) is 0 Å². The minimum atomic E-state index is -0.568. The van der Waals surface area contributed by atoms with E-state index in [1.165, 1.54) is 0 Å². The van der Waals surface area contributed by atoms with E-state index in [0.717, 1.165) is 23.8 Å². The maximum Gasteiger partial charge on any atom is 0.322 e. The average molecular weight is 258 g/mol. The second-order valence-corrected chi connectivity index (χ2v) is 5.03. The van der Waals surface area contributed by atoms with Crippen LogP contribution in [0.15, 0.2) is 24.3 Å². The fourth-order valence-corrected chi connectivity index (χ4v) is 3.20. The second kappa shape index (κ2) is 4.50. The van der Waals surface area contributed by atoms with E-state index in [1.54, 1.807) is 0 Å². The highest BCUT2D eigenvalue weighted by atomic mass is 16.2. The number of rotatable bonds is 3. The lowest BCUT2D eigenvalue weighted by atomic mass is 9.84. The van der Waals surface area contributed by atoms with E-state index in [2.05, 4.69) is 10.6 Å². The standard InChI is InChI=1S/C14H14N2O3/c17-6-5-9-7-8-3-1-2-4-10(8)11(9)12-13(18)16-14(19)15-12/h1-4,6,9,11-12H,5,7H2,(H2,15,16,18,19). The van der Waals surface area contributed by atoms with Gasteiger partial charge in [-0.1, -0.05) is 24.3 Å². The van der Waals surface area contributed by atoms with Crippen LogP contribution >= 0.6 is 0 Å². The number of nitrogens with one attached hydrogen (secondary N) is 2. The fourth-order valence-electron chi connectivity index (χ4n) is 3.20. The van der Waals surface area contributed by atoms with Crippen molar-refractivity contribution < 1.29 is 14.4 Å². The fraction of sp³-hybridized carbons (Fsp3) is 0.357. The quantitative estimate of drug-likeness (QED) is 0.620. The molecule has 0 saturated carbocycles. The van der Waals surface area contributed by atoms with Crippen LogP contribution in [0.2, 0.25) is 0 Å². The average Bonchev–Trinajstić information content (AvgIpc) is 2.89. The number of benzene rings is 1. The lowest BCUT2D eigenvalue weighted by Crippen LogP contribution is -2.37. The van der Waals surface area contributed by atoms with E-state index in [4.69, 9.17) is 0 Å². The Balaban J connectivity index is 1.98. The van der Waals surface area contributed by atoms with Gasteiger partial charge in [-0.2, -0.15) is 0 Å². The number of carbonyl (C=O) groups is 3. The normalized spacial score (nSPS) is 28.7. The zero-order valence-corrected chi connectivity index (χ0v) is 10.3. The zero-order chi connectivity index (χ0) is 13.4. The van der Waals surface area contributed by atoms with Crippen molar-refractivity contribution in [2.24, 2.45) is 5.92 Å². The largest absolute Gasteiger partial charge is 0.325 e. The van der Waals surface area contributed by atoms with E-state index < -0.39 is 12.1 Å². The molecule has 3 atom stereocenters. The summed E-state index contributed by atoms with van der Waals surface area (Å²) in [5.74, 6) is -0.348. The van der Waals surface area contributed by atoms with Gasteiger partial charge in [0.1, 0.15) is 12.3 Å². The van der Waals surface area contributed by atoms with Crippen LogP contribution in [-0.2, 0) is 16.0 Å². The van der Waals surface area contributed by atoms with Crippen molar-refractivity contribution in [2.75, 3.05) is 0 Å². The van der Waals surface area contributed by atoms with Crippen LogP contribution < -0.4 is 10.6 Å². The molecular formula is C14H14N2O3. The summed E-state index contributed by atoms with van der Waals surface area (Å²) < 4.78 is 0. The molecule has 1 aromatic carbocycles. The lowest BCUT2D eigenvalue weighted by Gasteiger charge is -2.23. The highest BCUT2D eigenvalue weighted by Gasteiger charge is 2.44. The van der Waals surface area contributed by atoms with Gasteiger partial charge in [0.25, 0.3) is 5.91 Å². The first kappa shape index (κ1) is 11.9. The van der Waals surface area contributed by atoms with Crippen LogP contribution in [0.25, 0.3) is 0 Å². The summed E-state index contributed by atoms with van der Waals surface area (Å²) >= 11 is 0. The maximum atomic E-state index is 11.8. The van der Waals surface area contributed by atoms with Crippen molar-refractivity contribution in [1.82, 2.24) is 10.6 Å². The van der Waals surface area contributed by atoms with Gasteiger partial charge in [0.15, 0.2) is 0 Å². The molecular weight excluding hydrogens is 244 g/mol.